The first-order valence-corrected chi connectivity index (χ1v) is 7.48. The number of halogens is 1. The molecule has 0 N–H and O–H groups in total. The van der Waals surface area contributed by atoms with Crippen molar-refractivity contribution in [1.29, 1.82) is 0 Å². The number of ether oxygens (including phenoxy) is 3. The van der Waals surface area contributed by atoms with Crippen molar-refractivity contribution in [3.8, 4) is 11.5 Å². The Morgan fingerprint density at radius 2 is 2.09 bits per heavy atom. The van der Waals surface area contributed by atoms with Gasteiger partial charge in [-0.3, -0.25) is 0 Å². The Bertz CT molecular complexity index is 691. The van der Waals surface area contributed by atoms with Crippen molar-refractivity contribution in [2.45, 2.75) is 6.10 Å². The normalized spacial score (nSPS) is 16.7. The largest absolute Gasteiger partial charge is 0.486 e. The Morgan fingerprint density at radius 3 is 2.86 bits per heavy atom. The summed E-state index contributed by atoms with van der Waals surface area (Å²) in [6.07, 6.45) is 2.54. The third-order valence-electron chi connectivity index (χ3n) is 2.96. The average Bonchev–Trinajstić information content (AvgIpc) is 2.96. The molecule has 0 fully saturated rings. The third kappa shape index (κ3) is 3.71. The Hall–Kier alpha value is -2.21. The highest BCUT2D eigenvalue weighted by Gasteiger charge is 2.21. The van der Waals surface area contributed by atoms with Crippen LogP contribution in [0.1, 0.15) is 5.76 Å². The first-order valence-electron chi connectivity index (χ1n) is 6.69. The summed E-state index contributed by atoms with van der Waals surface area (Å²) in [5, 5.41) is 0. The number of fused-ring (bicyclic) bond motifs is 1. The van der Waals surface area contributed by atoms with E-state index in [1.54, 1.807) is 18.2 Å². The molecule has 1 aromatic carbocycles. The maximum absolute atomic E-state index is 11.7. The van der Waals surface area contributed by atoms with E-state index in [-0.39, 0.29) is 12.7 Å². The first-order chi connectivity index (χ1) is 10.7. The molecule has 5 nitrogen and oxygen atoms in total. The molecule has 0 saturated heterocycles. The van der Waals surface area contributed by atoms with Crippen molar-refractivity contribution in [1.82, 2.24) is 0 Å². The first kappa shape index (κ1) is 14.7. The quantitative estimate of drug-likeness (QED) is 0.614. The van der Waals surface area contributed by atoms with Crippen molar-refractivity contribution < 1.29 is 23.4 Å². The van der Waals surface area contributed by atoms with Crippen LogP contribution >= 0.6 is 15.9 Å². The molecule has 0 radical (unpaired) electrons. The van der Waals surface area contributed by atoms with Crippen LogP contribution in [0.2, 0.25) is 0 Å². The van der Waals surface area contributed by atoms with E-state index in [0.717, 1.165) is 0 Å². The lowest BCUT2D eigenvalue weighted by atomic mass is 10.3. The smallest absolute Gasteiger partial charge is 0.331 e. The van der Waals surface area contributed by atoms with Crippen molar-refractivity contribution >= 4 is 28.0 Å². The topological polar surface area (TPSA) is 57.9 Å². The molecule has 2 heterocycles. The molecule has 0 saturated carbocycles. The summed E-state index contributed by atoms with van der Waals surface area (Å²) < 4.78 is 22.2. The molecule has 1 aromatic heterocycles. The molecule has 114 valence electrons. The van der Waals surface area contributed by atoms with Gasteiger partial charge in [0.25, 0.3) is 0 Å². The fourth-order valence-electron chi connectivity index (χ4n) is 1.94. The molecule has 0 bridgehead atoms. The zero-order valence-corrected chi connectivity index (χ0v) is 13.1. The maximum atomic E-state index is 11.7. The minimum absolute atomic E-state index is 0.124. The van der Waals surface area contributed by atoms with Crippen molar-refractivity contribution in [3.05, 3.63) is 52.9 Å². The van der Waals surface area contributed by atoms with Crippen LogP contribution in [0.4, 0.5) is 0 Å². The van der Waals surface area contributed by atoms with Gasteiger partial charge in [-0.1, -0.05) is 12.1 Å². The van der Waals surface area contributed by atoms with Gasteiger partial charge in [0, 0.05) is 6.08 Å². The summed E-state index contributed by atoms with van der Waals surface area (Å²) in [4.78, 5) is 11.7. The van der Waals surface area contributed by atoms with Gasteiger partial charge in [0.15, 0.2) is 22.3 Å². The molecule has 2 aromatic rings. The van der Waals surface area contributed by atoms with Crippen LogP contribution in [-0.4, -0.2) is 25.3 Å². The van der Waals surface area contributed by atoms with E-state index >= 15 is 0 Å². The average molecular weight is 365 g/mol. The lowest BCUT2D eigenvalue weighted by Gasteiger charge is -2.25. The number of rotatable bonds is 4. The predicted octanol–water partition coefficient (Wildman–Crippen LogP) is 3.44. The number of esters is 1. The number of hydrogen-bond donors (Lipinski definition) is 0. The molecule has 6 heteroatoms. The van der Waals surface area contributed by atoms with Crippen LogP contribution in [0.25, 0.3) is 6.08 Å². The highest BCUT2D eigenvalue weighted by molar-refractivity contribution is 9.10. The molecule has 1 aliphatic rings. The number of hydrogen-bond acceptors (Lipinski definition) is 5. The minimum atomic E-state index is -0.463. The second kappa shape index (κ2) is 6.70. The summed E-state index contributed by atoms with van der Waals surface area (Å²) in [7, 11) is 0. The number of para-hydroxylation sites is 2. The monoisotopic (exact) mass is 364 g/mol. The molecule has 3 rings (SSSR count). The lowest BCUT2D eigenvalue weighted by Crippen LogP contribution is -2.34. The predicted molar refractivity (Wildman–Crippen MR) is 82.8 cm³/mol. The maximum Gasteiger partial charge on any atom is 0.331 e. The van der Waals surface area contributed by atoms with Crippen LogP contribution in [0.15, 0.2) is 51.6 Å². The Morgan fingerprint density at radius 1 is 1.27 bits per heavy atom. The van der Waals surface area contributed by atoms with E-state index in [2.05, 4.69) is 15.9 Å². The van der Waals surface area contributed by atoms with Crippen molar-refractivity contribution in [2.75, 3.05) is 13.2 Å². The van der Waals surface area contributed by atoms with Crippen LogP contribution in [0.3, 0.4) is 0 Å². The van der Waals surface area contributed by atoms with Gasteiger partial charge >= 0.3 is 5.97 Å². The summed E-state index contributed by atoms with van der Waals surface area (Å²) in [5.74, 6) is 1.46. The Labute approximate surface area is 135 Å². The summed E-state index contributed by atoms with van der Waals surface area (Å²) in [5.41, 5.74) is 0. The summed E-state index contributed by atoms with van der Waals surface area (Å²) in [6, 6.07) is 10.9. The van der Waals surface area contributed by atoms with Crippen LogP contribution in [0.5, 0.6) is 11.5 Å². The van der Waals surface area contributed by atoms with Crippen molar-refractivity contribution in [3.63, 3.8) is 0 Å². The van der Waals surface area contributed by atoms with Crippen LogP contribution in [0, 0.1) is 0 Å². The summed E-state index contributed by atoms with van der Waals surface area (Å²) >= 11 is 3.19. The van der Waals surface area contributed by atoms with E-state index in [0.29, 0.717) is 28.5 Å². The summed E-state index contributed by atoms with van der Waals surface area (Å²) in [6.45, 7) is 0.471. The van der Waals surface area contributed by atoms with Gasteiger partial charge in [-0.25, -0.2) is 4.79 Å². The van der Waals surface area contributed by atoms with E-state index in [9.17, 15) is 4.79 Å². The van der Waals surface area contributed by atoms with E-state index in [1.165, 1.54) is 6.08 Å². The van der Waals surface area contributed by atoms with Gasteiger partial charge in [0.2, 0.25) is 0 Å². The second-order valence-electron chi connectivity index (χ2n) is 4.60. The molecule has 1 atom stereocenters. The van der Waals surface area contributed by atoms with Gasteiger partial charge in [-0.2, -0.15) is 0 Å². The highest BCUT2D eigenvalue weighted by Crippen LogP contribution is 2.30. The zero-order chi connectivity index (χ0) is 15.4. The Kier molecular flexibility index (Phi) is 4.48. The lowest BCUT2D eigenvalue weighted by molar-refractivity contribution is -0.140. The van der Waals surface area contributed by atoms with E-state index in [1.807, 2.05) is 24.3 Å². The fraction of sp³-hybridized carbons (Fsp3) is 0.188. The van der Waals surface area contributed by atoms with Gasteiger partial charge in [-0.05, 0) is 46.3 Å². The van der Waals surface area contributed by atoms with Crippen LogP contribution in [-0.2, 0) is 9.53 Å². The molecule has 0 spiro atoms. The second-order valence-corrected chi connectivity index (χ2v) is 5.38. The van der Waals surface area contributed by atoms with E-state index in [4.69, 9.17) is 18.6 Å². The fourth-order valence-corrected chi connectivity index (χ4v) is 2.26. The van der Waals surface area contributed by atoms with Gasteiger partial charge in [-0.15, -0.1) is 0 Å². The number of benzene rings is 1. The number of carbonyl (C=O) groups is 1. The number of furan rings is 1. The molecule has 22 heavy (non-hydrogen) atoms. The Balaban J connectivity index is 1.49. The molecule has 0 unspecified atom stereocenters. The SMILES string of the molecule is O=C(/C=C/c1ccc(Br)o1)OC[C@H]1COc2ccccc2O1. The third-order valence-corrected chi connectivity index (χ3v) is 3.38. The van der Waals surface area contributed by atoms with Gasteiger partial charge < -0.3 is 18.6 Å². The van der Waals surface area contributed by atoms with Gasteiger partial charge in [0.05, 0.1) is 0 Å². The molecule has 0 aliphatic carbocycles. The van der Waals surface area contributed by atoms with Crippen molar-refractivity contribution in [2.24, 2.45) is 0 Å². The molecule has 1 aliphatic heterocycles. The molecular weight excluding hydrogens is 352 g/mol. The molecular formula is C16H13BrO5. The minimum Gasteiger partial charge on any atom is -0.486 e. The zero-order valence-electron chi connectivity index (χ0n) is 11.5. The number of carbonyl (C=O) groups excluding carboxylic acids is 1. The van der Waals surface area contributed by atoms with Crippen LogP contribution < -0.4 is 9.47 Å². The standard InChI is InChI=1S/C16H13BrO5/c17-15-7-5-11(22-15)6-8-16(18)20-10-12-9-19-13-3-1-2-4-14(13)21-12/h1-8,12H,9-10H2/b8-6+/t12-/m1/s1. The molecule has 0 amide bonds. The van der Waals surface area contributed by atoms with Gasteiger partial charge in [0.1, 0.15) is 19.0 Å². The van der Waals surface area contributed by atoms with E-state index < -0.39 is 5.97 Å². The highest BCUT2D eigenvalue weighted by atomic mass is 79.9.